The van der Waals surface area contributed by atoms with E-state index in [1.807, 2.05) is 24.3 Å². The predicted molar refractivity (Wildman–Crippen MR) is 108 cm³/mol. The minimum Gasteiger partial charge on any atom is -0.459 e. The largest absolute Gasteiger partial charge is 0.459 e. The Morgan fingerprint density at radius 3 is 2.59 bits per heavy atom. The standard InChI is InChI=1S/C21H19ClN4O3/c1-13-14(2)24-26(21(28)18(13)10-23)12-20(27)25(3)11-17-8-9-19(29-17)15-4-6-16(22)7-5-15/h4-9H,11-12H2,1-3H3. The lowest BCUT2D eigenvalue weighted by Gasteiger charge is -2.16. The van der Waals surface area contributed by atoms with Crippen molar-refractivity contribution in [1.29, 1.82) is 5.26 Å². The van der Waals surface area contributed by atoms with E-state index in [0.29, 0.717) is 27.8 Å². The molecule has 0 radical (unpaired) electrons. The molecule has 0 bridgehead atoms. The van der Waals surface area contributed by atoms with Gasteiger partial charge in [-0.1, -0.05) is 11.6 Å². The summed E-state index contributed by atoms with van der Waals surface area (Å²) < 4.78 is 6.84. The van der Waals surface area contributed by atoms with Crippen molar-refractivity contribution in [2.45, 2.75) is 26.9 Å². The first-order chi connectivity index (χ1) is 13.8. The molecular formula is C21H19ClN4O3. The van der Waals surface area contributed by atoms with Gasteiger partial charge in [0.25, 0.3) is 5.56 Å². The maximum Gasteiger partial charge on any atom is 0.285 e. The normalized spacial score (nSPS) is 10.6. The van der Waals surface area contributed by atoms with Gasteiger partial charge in [-0.2, -0.15) is 10.4 Å². The van der Waals surface area contributed by atoms with E-state index in [2.05, 4.69) is 5.10 Å². The number of amides is 1. The van der Waals surface area contributed by atoms with Crippen LogP contribution in [0.2, 0.25) is 5.02 Å². The van der Waals surface area contributed by atoms with Crippen LogP contribution in [0.25, 0.3) is 11.3 Å². The molecule has 0 aliphatic carbocycles. The van der Waals surface area contributed by atoms with Crippen LogP contribution in [0.4, 0.5) is 0 Å². The van der Waals surface area contributed by atoms with Gasteiger partial charge in [-0.05, 0) is 55.8 Å². The van der Waals surface area contributed by atoms with Crippen LogP contribution in [0, 0.1) is 25.2 Å². The van der Waals surface area contributed by atoms with Crippen molar-refractivity contribution in [3.63, 3.8) is 0 Å². The monoisotopic (exact) mass is 410 g/mol. The average molecular weight is 411 g/mol. The quantitative estimate of drug-likeness (QED) is 0.643. The molecule has 0 aliphatic heterocycles. The molecule has 0 fully saturated rings. The Kier molecular flexibility index (Phi) is 5.85. The molecule has 0 saturated carbocycles. The topological polar surface area (TPSA) is 92.1 Å². The summed E-state index contributed by atoms with van der Waals surface area (Å²) in [5, 5.41) is 14.0. The Hall–Kier alpha value is -3.37. The molecule has 0 aliphatic rings. The molecule has 29 heavy (non-hydrogen) atoms. The number of halogens is 1. The van der Waals surface area contributed by atoms with E-state index in [9.17, 15) is 14.9 Å². The van der Waals surface area contributed by atoms with Gasteiger partial charge in [-0.25, -0.2) is 4.68 Å². The fourth-order valence-electron chi connectivity index (χ4n) is 2.81. The number of carbonyl (C=O) groups is 1. The van der Waals surface area contributed by atoms with Crippen molar-refractivity contribution in [3.8, 4) is 17.4 Å². The molecule has 0 spiro atoms. The molecule has 3 rings (SSSR count). The second-order valence-electron chi connectivity index (χ2n) is 6.68. The number of rotatable bonds is 5. The van der Waals surface area contributed by atoms with Gasteiger partial charge in [-0.15, -0.1) is 0 Å². The fraction of sp³-hybridized carbons (Fsp3) is 0.238. The van der Waals surface area contributed by atoms with E-state index in [1.165, 1.54) is 4.90 Å². The van der Waals surface area contributed by atoms with E-state index in [4.69, 9.17) is 16.0 Å². The number of hydrogen-bond donors (Lipinski definition) is 0. The van der Waals surface area contributed by atoms with E-state index in [1.54, 1.807) is 39.1 Å². The van der Waals surface area contributed by atoms with Crippen molar-refractivity contribution < 1.29 is 9.21 Å². The summed E-state index contributed by atoms with van der Waals surface area (Å²) in [7, 11) is 1.62. The summed E-state index contributed by atoms with van der Waals surface area (Å²) in [6, 6.07) is 12.8. The SMILES string of the molecule is Cc1nn(CC(=O)N(C)Cc2ccc(-c3ccc(Cl)cc3)o2)c(=O)c(C#N)c1C. The molecule has 2 heterocycles. The molecule has 0 unspecified atom stereocenters. The summed E-state index contributed by atoms with van der Waals surface area (Å²) >= 11 is 5.90. The summed E-state index contributed by atoms with van der Waals surface area (Å²) in [6.45, 7) is 3.34. The lowest BCUT2D eigenvalue weighted by atomic mass is 10.1. The molecule has 0 N–H and O–H groups in total. The third-order valence-corrected chi connectivity index (χ3v) is 4.89. The summed E-state index contributed by atoms with van der Waals surface area (Å²) in [5.41, 5.74) is 1.38. The van der Waals surface area contributed by atoms with Gasteiger partial charge < -0.3 is 9.32 Å². The molecule has 8 heteroatoms. The van der Waals surface area contributed by atoms with E-state index < -0.39 is 5.56 Å². The van der Waals surface area contributed by atoms with E-state index >= 15 is 0 Å². The highest BCUT2D eigenvalue weighted by atomic mass is 35.5. The first-order valence-corrected chi connectivity index (χ1v) is 9.25. The molecule has 2 aromatic heterocycles. The van der Waals surface area contributed by atoms with Crippen LogP contribution in [0.5, 0.6) is 0 Å². The third-order valence-electron chi connectivity index (χ3n) is 4.64. The molecule has 0 saturated heterocycles. The Morgan fingerprint density at radius 1 is 1.24 bits per heavy atom. The second-order valence-corrected chi connectivity index (χ2v) is 7.12. The Morgan fingerprint density at radius 2 is 1.93 bits per heavy atom. The van der Waals surface area contributed by atoms with Crippen molar-refractivity contribution in [3.05, 3.63) is 74.4 Å². The molecular weight excluding hydrogens is 392 g/mol. The van der Waals surface area contributed by atoms with Gasteiger partial charge in [0, 0.05) is 17.6 Å². The van der Waals surface area contributed by atoms with E-state index in [0.717, 1.165) is 10.2 Å². The fourth-order valence-corrected chi connectivity index (χ4v) is 2.94. The van der Waals surface area contributed by atoms with Crippen LogP contribution in [0.15, 0.2) is 45.6 Å². The summed E-state index contributed by atoms with van der Waals surface area (Å²) in [6.07, 6.45) is 0. The molecule has 3 aromatic rings. The number of nitriles is 1. The Bertz CT molecular complexity index is 1160. The maximum atomic E-state index is 12.6. The van der Waals surface area contributed by atoms with Gasteiger partial charge in [0.1, 0.15) is 29.7 Å². The molecule has 7 nitrogen and oxygen atoms in total. The van der Waals surface area contributed by atoms with Gasteiger partial charge in [-0.3, -0.25) is 9.59 Å². The van der Waals surface area contributed by atoms with Gasteiger partial charge in [0.2, 0.25) is 5.91 Å². The highest BCUT2D eigenvalue weighted by molar-refractivity contribution is 6.30. The Balaban J connectivity index is 1.72. The smallest absolute Gasteiger partial charge is 0.285 e. The van der Waals surface area contributed by atoms with Crippen molar-refractivity contribution >= 4 is 17.5 Å². The lowest BCUT2D eigenvalue weighted by molar-refractivity contribution is -0.131. The second kappa shape index (κ2) is 8.33. The third kappa shape index (κ3) is 4.39. The van der Waals surface area contributed by atoms with Crippen LogP contribution >= 0.6 is 11.6 Å². The van der Waals surface area contributed by atoms with Crippen molar-refractivity contribution in [1.82, 2.24) is 14.7 Å². The highest BCUT2D eigenvalue weighted by Gasteiger charge is 2.17. The minimum absolute atomic E-state index is 0.00611. The van der Waals surface area contributed by atoms with Crippen LogP contribution in [-0.2, 0) is 17.9 Å². The number of likely N-dealkylation sites (N-methyl/N-ethyl adjacent to an activating group) is 1. The van der Waals surface area contributed by atoms with Gasteiger partial charge in [0.15, 0.2) is 0 Å². The number of carbonyl (C=O) groups excluding carboxylic acids is 1. The zero-order valence-corrected chi connectivity index (χ0v) is 17.0. The van der Waals surface area contributed by atoms with E-state index in [-0.39, 0.29) is 24.6 Å². The maximum absolute atomic E-state index is 12.6. The number of hydrogen-bond acceptors (Lipinski definition) is 5. The van der Waals surface area contributed by atoms with Crippen molar-refractivity contribution in [2.24, 2.45) is 0 Å². The number of furan rings is 1. The molecule has 1 aromatic carbocycles. The van der Waals surface area contributed by atoms with Crippen LogP contribution in [0.3, 0.4) is 0 Å². The average Bonchev–Trinajstić information content (AvgIpc) is 3.15. The summed E-state index contributed by atoms with van der Waals surface area (Å²) in [5.74, 6) is 0.948. The zero-order valence-electron chi connectivity index (χ0n) is 16.3. The lowest BCUT2D eigenvalue weighted by Crippen LogP contribution is -2.36. The first kappa shape index (κ1) is 20.4. The minimum atomic E-state index is -0.569. The van der Waals surface area contributed by atoms with Crippen LogP contribution in [0.1, 0.15) is 22.6 Å². The highest BCUT2D eigenvalue weighted by Crippen LogP contribution is 2.24. The zero-order chi connectivity index (χ0) is 21.1. The Labute approximate surface area is 172 Å². The number of benzene rings is 1. The molecule has 148 valence electrons. The predicted octanol–water partition coefficient (Wildman–Crippen LogP) is 3.30. The van der Waals surface area contributed by atoms with Gasteiger partial charge in [0.05, 0.1) is 12.2 Å². The number of nitrogens with zero attached hydrogens (tertiary/aromatic N) is 4. The molecule has 1 amide bonds. The van der Waals surface area contributed by atoms with Crippen LogP contribution < -0.4 is 5.56 Å². The van der Waals surface area contributed by atoms with Crippen LogP contribution in [-0.4, -0.2) is 27.6 Å². The number of aromatic nitrogens is 2. The van der Waals surface area contributed by atoms with Gasteiger partial charge >= 0.3 is 0 Å². The summed E-state index contributed by atoms with van der Waals surface area (Å²) in [4.78, 5) is 26.4. The number of aryl methyl sites for hydroxylation is 1. The molecule has 0 atom stereocenters. The van der Waals surface area contributed by atoms with Crippen molar-refractivity contribution in [2.75, 3.05) is 7.05 Å². The first-order valence-electron chi connectivity index (χ1n) is 8.87.